The van der Waals surface area contributed by atoms with Gasteiger partial charge in [0.2, 0.25) is 10.0 Å². The molecule has 2 rings (SSSR count). The summed E-state index contributed by atoms with van der Waals surface area (Å²) in [5, 5.41) is 2.77. The van der Waals surface area contributed by atoms with E-state index in [1.807, 2.05) is 0 Å². The molecule has 1 amide bonds. The van der Waals surface area contributed by atoms with E-state index in [1.54, 1.807) is 31.2 Å². The summed E-state index contributed by atoms with van der Waals surface area (Å²) in [7, 11) is -0.771. The van der Waals surface area contributed by atoms with Gasteiger partial charge in [-0.25, -0.2) is 12.7 Å². The van der Waals surface area contributed by atoms with E-state index in [1.165, 1.54) is 26.4 Å². The van der Waals surface area contributed by atoms with E-state index in [0.717, 1.165) is 4.31 Å². The smallest absolute Gasteiger partial charge is 0.251 e. The number of hydrogen-bond donors (Lipinski definition) is 1. The molecule has 1 aromatic carbocycles. The summed E-state index contributed by atoms with van der Waals surface area (Å²) in [6.07, 6.45) is 1.53. The normalized spacial score (nSPS) is 13.1. The van der Waals surface area contributed by atoms with Crippen LogP contribution in [0, 0.1) is 0 Å². The van der Waals surface area contributed by atoms with Crippen molar-refractivity contribution in [3.05, 3.63) is 52.4 Å². The second kappa shape index (κ2) is 6.86. The summed E-state index contributed by atoms with van der Waals surface area (Å²) in [6.45, 7) is 1.78. The topological polar surface area (TPSA) is 79.6 Å². The van der Waals surface area contributed by atoms with Gasteiger partial charge >= 0.3 is 0 Å². The van der Waals surface area contributed by atoms with Crippen LogP contribution in [0.2, 0.25) is 0 Å². The molecular formula is C15H17BrN2O4S. The molecule has 0 aliphatic heterocycles. The summed E-state index contributed by atoms with van der Waals surface area (Å²) < 4.78 is 31.3. The molecule has 0 spiro atoms. The van der Waals surface area contributed by atoms with E-state index in [0.29, 0.717) is 10.2 Å². The second-order valence-corrected chi connectivity index (χ2v) is 8.12. The van der Waals surface area contributed by atoms with Gasteiger partial charge in [0.05, 0.1) is 17.2 Å². The molecule has 0 aliphatic carbocycles. The second-order valence-electron chi connectivity index (χ2n) is 5.14. The quantitative estimate of drug-likeness (QED) is 0.836. The zero-order valence-electron chi connectivity index (χ0n) is 12.9. The van der Waals surface area contributed by atoms with Gasteiger partial charge in [0.1, 0.15) is 5.76 Å². The molecule has 0 aliphatic rings. The molecule has 0 bridgehead atoms. The molecule has 8 heteroatoms. The average molecular weight is 401 g/mol. The van der Waals surface area contributed by atoms with E-state index in [9.17, 15) is 13.2 Å². The van der Waals surface area contributed by atoms with Gasteiger partial charge in [-0.15, -0.1) is 0 Å². The van der Waals surface area contributed by atoms with E-state index in [4.69, 9.17) is 4.42 Å². The van der Waals surface area contributed by atoms with Gasteiger partial charge in [-0.2, -0.15) is 0 Å². The van der Waals surface area contributed by atoms with Crippen molar-refractivity contribution >= 4 is 31.9 Å². The Hall–Kier alpha value is -1.64. The minimum atomic E-state index is -3.65. The number of carbonyl (C=O) groups is 1. The fourth-order valence-electron chi connectivity index (χ4n) is 1.93. The fourth-order valence-corrected chi connectivity index (χ4v) is 3.77. The highest BCUT2D eigenvalue weighted by Crippen LogP contribution is 2.25. The number of halogens is 1. The monoisotopic (exact) mass is 400 g/mol. The van der Waals surface area contributed by atoms with Gasteiger partial charge in [-0.05, 0) is 53.2 Å². The molecule has 0 unspecified atom stereocenters. The van der Waals surface area contributed by atoms with Crippen LogP contribution in [0.5, 0.6) is 0 Å². The number of benzene rings is 1. The van der Waals surface area contributed by atoms with Crippen LogP contribution in [0.1, 0.15) is 29.1 Å². The average Bonchev–Trinajstić information content (AvgIpc) is 3.01. The first-order chi connectivity index (χ1) is 10.7. The minimum Gasteiger partial charge on any atom is -0.467 e. The van der Waals surface area contributed by atoms with Gasteiger partial charge in [0, 0.05) is 24.1 Å². The molecule has 0 radical (unpaired) electrons. The number of amides is 1. The Morgan fingerprint density at radius 3 is 2.57 bits per heavy atom. The lowest BCUT2D eigenvalue weighted by molar-refractivity contribution is 0.0935. The maximum Gasteiger partial charge on any atom is 0.251 e. The Kier molecular flexibility index (Phi) is 5.28. The van der Waals surface area contributed by atoms with Crippen molar-refractivity contribution in [3.8, 4) is 0 Å². The van der Waals surface area contributed by atoms with Crippen molar-refractivity contribution in [2.75, 3.05) is 14.1 Å². The van der Waals surface area contributed by atoms with Crippen LogP contribution >= 0.6 is 15.9 Å². The molecule has 1 N–H and O–H groups in total. The summed E-state index contributed by atoms with van der Waals surface area (Å²) in [6, 6.07) is 7.62. The lowest BCUT2D eigenvalue weighted by atomic mass is 10.2. The number of nitrogens with one attached hydrogen (secondary N) is 1. The third-order valence-electron chi connectivity index (χ3n) is 3.27. The summed E-state index contributed by atoms with van der Waals surface area (Å²) in [5.74, 6) is 0.244. The zero-order valence-corrected chi connectivity index (χ0v) is 15.3. The molecular weight excluding hydrogens is 384 g/mol. The van der Waals surface area contributed by atoms with Crippen LogP contribution in [-0.2, 0) is 10.0 Å². The lowest BCUT2D eigenvalue weighted by Crippen LogP contribution is -2.27. The van der Waals surface area contributed by atoms with Crippen molar-refractivity contribution < 1.29 is 17.6 Å². The Bertz CT molecular complexity index is 801. The first kappa shape index (κ1) is 17.7. The SMILES string of the molecule is C[C@H](NC(=O)c1ccc(Br)c(S(=O)(=O)N(C)C)c1)c1ccco1. The maximum absolute atomic E-state index is 12.3. The van der Waals surface area contributed by atoms with Gasteiger partial charge in [0.25, 0.3) is 5.91 Å². The molecule has 2 aromatic rings. The molecule has 6 nitrogen and oxygen atoms in total. The highest BCUT2D eigenvalue weighted by Gasteiger charge is 2.23. The summed E-state index contributed by atoms with van der Waals surface area (Å²) in [4.78, 5) is 12.4. The Morgan fingerprint density at radius 2 is 2.00 bits per heavy atom. The number of furan rings is 1. The van der Waals surface area contributed by atoms with Crippen LogP contribution in [0.4, 0.5) is 0 Å². The molecule has 1 atom stereocenters. The van der Waals surface area contributed by atoms with Gasteiger partial charge in [0.15, 0.2) is 0 Å². The predicted octanol–water partition coefficient (Wildman–Crippen LogP) is 2.78. The number of hydrogen-bond acceptors (Lipinski definition) is 4. The molecule has 0 saturated heterocycles. The molecule has 0 saturated carbocycles. The highest BCUT2D eigenvalue weighted by molar-refractivity contribution is 9.10. The van der Waals surface area contributed by atoms with Crippen LogP contribution in [-0.4, -0.2) is 32.7 Å². The van der Waals surface area contributed by atoms with Gasteiger partial charge in [-0.3, -0.25) is 4.79 Å². The number of carbonyl (C=O) groups excluding carboxylic acids is 1. The molecule has 23 heavy (non-hydrogen) atoms. The van der Waals surface area contributed by atoms with Crippen LogP contribution in [0.15, 0.2) is 50.4 Å². The standard InChI is InChI=1S/C15H17BrN2O4S/c1-10(13-5-4-8-22-13)17-15(19)11-6-7-12(16)14(9-11)23(20,21)18(2)3/h4-10H,1-3H3,(H,17,19)/t10-/m0/s1. The number of nitrogens with zero attached hydrogens (tertiary/aromatic N) is 1. The van der Waals surface area contributed by atoms with Crippen molar-refractivity contribution in [3.63, 3.8) is 0 Å². The summed E-state index contributed by atoms with van der Waals surface area (Å²) in [5.41, 5.74) is 0.257. The third-order valence-corrected chi connectivity index (χ3v) is 6.08. The minimum absolute atomic E-state index is 0.0424. The molecule has 1 aromatic heterocycles. The first-order valence-electron chi connectivity index (χ1n) is 6.80. The predicted molar refractivity (Wildman–Crippen MR) is 89.6 cm³/mol. The van der Waals surface area contributed by atoms with E-state index in [-0.39, 0.29) is 22.4 Å². The Morgan fingerprint density at radius 1 is 1.30 bits per heavy atom. The molecule has 0 fully saturated rings. The van der Waals surface area contributed by atoms with Crippen LogP contribution < -0.4 is 5.32 Å². The molecule has 124 valence electrons. The van der Waals surface area contributed by atoms with E-state index >= 15 is 0 Å². The lowest BCUT2D eigenvalue weighted by Gasteiger charge is -2.15. The first-order valence-corrected chi connectivity index (χ1v) is 9.03. The highest BCUT2D eigenvalue weighted by atomic mass is 79.9. The third kappa shape index (κ3) is 3.82. The Balaban J connectivity index is 2.29. The van der Waals surface area contributed by atoms with Gasteiger partial charge in [-0.1, -0.05) is 0 Å². The van der Waals surface area contributed by atoms with Crippen molar-refractivity contribution in [1.29, 1.82) is 0 Å². The zero-order chi connectivity index (χ0) is 17.2. The number of rotatable bonds is 5. The fraction of sp³-hybridized carbons (Fsp3) is 0.267. The largest absolute Gasteiger partial charge is 0.467 e. The summed E-state index contributed by atoms with van der Waals surface area (Å²) >= 11 is 3.21. The van der Waals surface area contributed by atoms with Crippen molar-refractivity contribution in [2.24, 2.45) is 0 Å². The van der Waals surface area contributed by atoms with E-state index < -0.39 is 10.0 Å². The Labute approximate surface area is 143 Å². The van der Waals surface area contributed by atoms with Gasteiger partial charge < -0.3 is 9.73 Å². The number of sulfonamides is 1. The van der Waals surface area contributed by atoms with Crippen LogP contribution in [0.3, 0.4) is 0 Å². The van der Waals surface area contributed by atoms with Crippen molar-refractivity contribution in [1.82, 2.24) is 9.62 Å². The molecule has 1 heterocycles. The van der Waals surface area contributed by atoms with Crippen LogP contribution in [0.25, 0.3) is 0 Å². The maximum atomic E-state index is 12.3. The van der Waals surface area contributed by atoms with Crippen molar-refractivity contribution in [2.45, 2.75) is 17.9 Å². The van der Waals surface area contributed by atoms with E-state index in [2.05, 4.69) is 21.2 Å².